The number of thioether (sulfide) groups is 1. The van der Waals surface area contributed by atoms with Crippen molar-refractivity contribution >= 4 is 29.3 Å². The SMILES string of the molecule is CCN(CC)C(=O)c1ccc(NC(=O)CSc2cc(C#N)ccn2)cc1. The van der Waals surface area contributed by atoms with Crippen LogP contribution in [0.25, 0.3) is 0 Å². The Balaban J connectivity index is 1.91. The van der Waals surface area contributed by atoms with Gasteiger partial charge in [0, 0.05) is 30.5 Å². The summed E-state index contributed by atoms with van der Waals surface area (Å²) in [5.74, 6) is -0.0176. The number of pyridine rings is 1. The molecule has 2 rings (SSSR count). The van der Waals surface area contributed by atoms with Crippen molar-refractivity contribution in [1.82, 2.24) is 9.88 Å². The molecule has 0 radical (unpaired) electrons. The lowest BCUT2D eigenvalue weighted by Gasteiger charge is -2.18. The summed E-state index contributed by atoms with van der Waals surface area (Å²) in [6.45, 7) is 5.20. The van der Waals surface area contributed by atoms with Crippen molar-refractivity contribution in [2.75, 3.05) is 24.2 Å². The van der Waals surface area contributed by atoms with Gasteiger partial charge in [-0.25, -0.2) is 4.98 Å². The molecule has 6 nitrogen and oxygen atoms in total. The standard InChI is InChI=1S/C19H20N4O2S/c1-3-23(4-2)19(25)15-5-7-16(8-6-15)22-17(24)13-26-18-11-14(12-20)9-10-21-18/h5-11H,3-4,13H2,1-2H3,(H,22,24). The highest BCUT2D eigenvalue weighted by atomic mass is 32.2. The number of nitrogens with one attached hydrogen (secondary N) is 1. The molecule has 2 amide bonds. The molecular formula is C19H20N4O2S. The highest BCUT2D eigenvalue weighted by Gasteiger charge is 2.12. The van der Waals surface area contributed by atoms with Crippen LogP contribution in [0.2, 0.25) is 0 Å². The molecule has 1 N–H and O–H groups in total. The van der Waals surface area contributed by atoms with E-state index in [1.165, 1.54) is 11.8 Å². The van der Waals surface area contributed by atoms with E-state index >= 15 is 0 Å². The number of carbonyl (C=O) groups is 2. The number of hydrogen-bond acceptors (Lipinski definition) is 5. The minimum absolute atomic E-state index is 0.0214. The summed E-state index contributed by atoms with van der Waals surface area (Å²) in [6, 6.07) is 12.2. The Bertz CT molecular complexity index is 811. The Hall–Kier alpha value is -2.85. The largest absolute Gasteiger partial charge is 0.339 e. The molecule has 0 saturated carbocycles. The first-order valence-electron chi connectivity index (χ1n) is 8.25. The van der Waals surface area contributed by atoms with Crippen LogP contribution >= 0.6 is 11.8 Å². The molecule has 0 aliphatic carbocycles. The molecule has 0 unspecified atom stereocenters. The van der Waals surface area contributed by atoms with Gasteiger partial charge in [0.1, 0.15) is 0 Å². The maximum absolute atomic E-state index is 12.3. The van der Waals surface area contributed by atoms with E-state index in [0.717, 1.165) is 0 Å². The topological polar surface area (TPSA) is 86.1 Å². The zero-order valence-corrected chi connectivity index (χ0v) is 15.5. The average Bonchev–Trinajstić information content (AvgIpc) is 2.68. The van der Waals surface area contributed by atoms with Crippen LogP contribution < -0.4 is 5.32 Å². The van der Waals surface area contributed by atoms with Gasteiger partial charge in [0.15, 0.2) is 0 Å². The maximum atomic E-state index is 12.3. The third-order valence-corrected chi connectivity index (χ3v) is 4.61. The van der Waals surface area contributed by atoms with E-state index in [1.54, 1.807) is 47.5 Å². The van der Waals surface area contributed by atoms with Gasteiger partial charge in [0.25, 0.3) is 5.91 Å². The number of nitrogens with zero attached hydrogens (tertiary/aromatic N) is 3. The van der Waals surface area contributed by atoms with E-state index in [2.05, 4.69) is 10.3 Å². The fraction of sp³-hybridized carbons (Fsp3) is 0.263. The fourth-order valence-corrected chi connectivity index (χ4v) is 2.98. The van der Waals surface area contributed by atoms with Crippen LogP contribution in [0, 0.1) is 11.3 Å². The minimum Gasteiger partial charge on any atom is -0.339 e. The first-order chi connectivity index (χ1) is 12.6. The van der Waals surface area contributed by atoms with Gasteiger partial charge in [-0.2, -0.15) is 5.26 Å². The molecule has 0 bridgehead atoms. The van der Waals surface area contributed by atoms with Gasteiger partial charge in [0.2, 0.25) is 5.91 Å². The van der Waals surface area contributed by atoms with Crippen LogP contribution in [0.1, 0.15) is 29.8 Å². The normalized spacial score (nSPS) is 10.0. The summed E-state index contributed by atoms with van der Waals surface area (Å²) in [5, 5.41) is 12.3. The summed E-state index contributed by atoms with van der Waals surface area (Å²) >= 11 is 1.26. The zero-order chi connectivity index (χ0) is 18.9. The predicted molar refractivity (Wildman–Crippen MR) is 102 cm³/mol. The molecule has 0 spiro atoms. The smallest absolute Gasteiger partial charge is 0.253 e. The van der Waals surface area contributed by atoms with Crippen molar-refractivity contribution in [3.05, 3.63) is 53.7 Å². The van der Waals surface area contributed by atoms with Gasteiger partial charge < -0.3 is 10.2 Å². The first kappa shape index (κ1) is 19.5. The lowest BCUT2D eigenvalue weighted by molar-refractivity contribution is -0.113. The van der Waals surface area contributed by atoms with Crippen molar-refractivity contribution < 1.29 is 9.59 Å². The second kappa shape index (κ2) is 9.59. The van der Waals surface area contributed by atoms with E-state index in [-0.39, 0.29) is 17.6 Å². The number of carbonyl (C=O) groups excluding carboxylic acids is 2. The van der Waals surface area contributed by atoms with Gasteiger partial charge in [-0.1, -0.05) is 11.8 Å². The quantitative estimate of drug-likeness (QED) is 0.759. The molecule has 26 heavy (non-hydrogen) atoms. The Morgan fingerprint density at radius 2 is 1.88 bits per heavy atom. The van der Waals surface area contributed by atoms with Crippen LogP contribution in [0.4, 0.5) is 5.69 Å². The van der Waals surface area contributed by atoms with E-state index in [4.69, 9.17) is 5.26 Å². The first-order valence-corrected chi connectivity index (χ1v) is 9.24. The van der Waals surface area contributed by atoms with E-state index in [1.807, 2.05) is 19.9 Å². The van der Waals surface area contributed by atoms with E-state index in [0.29, 0.717) is 34.9 Å². The summed E-state index contributed by atoms with van der Waals surface area (Å²) in [4.78, 5) is 30.2. The Kier molecular flexibility index (Phi) is 7.18. The van der Waals surface area contributed by atoms with E-state index in [9.17, 15) is 9.59 Å². The second-order valence-electron chi connectivity index (χ2n) is 5.39. The van der Waals surface area contributed by atoms with Crippen LogP contribution in [0.5, 0.6) is 0 Å². The Labute approximate surface area is 157 Å². The average molecular weight is 368 g/mol. The van der Waals surface area contributed by atoms with Crippen molar-refractivity contribution in [1.29, 1.82) is 5.26 Å². The molecule has 0 fully saturated rings. The third kappa shape index (κ3) is 5.33. The Morgan fingerprint density at radius 1 is 1.19 bits per heavy atom. The summed E-state index contributed by atoms with van der Waals surface area (Å²) in [7, 11) is 0. The number of aromatic nitrogens is 1. The second-order valence-corrected chi connectivity index (χ2v) is 6.38. The van der Waals surface area contributed by atoms with Crippen molar-refractivity contribution in [3.63, 3.8) is 0 Å². The predicted octanol–water partition coefficient (Wildman–Crippen LogP) is 3.17. The molecule has 1 heterocycles. The van der Waals surface area contributed by atoms with Crippen molar-refractivity contribution in [2.45, 2.75) is 18.9 Å². The molecule has 7 heteroatoms. The summed E-state index contributed by atoms with van der Waals surface area (Å²) < 4.78 is 0. The number of rotatable bonds is 7. The minimum atomic E-state index is -0.179. The molecule has 0 aliphatic rings. The monoisotopic (exact) mass is 368 g/mol. The number of nitriles is 1. The third-order valence-electron chi connectivity index (χ3n) is 3.68. The lowest BCUT2D eigenvalue weighted by atomic mass is 10.2. The van der Waals surface area contributed by atoms with Gasteiger partial charge in [-0.05, 0) is 50.2 Å². The van der Waals surface area contributed by atoms with Gasteiger partial charge in [-0.3, -0.25) is 9.59 Å². The fourth-order valence-electron chi connectivity index (χ4n) is 2.28. The molecular weight excluding hydrogens is 348 g/mol. The molecule has 0 atom stereocenters. The Morgan fingerprint density at radius 3 is 2.50 bits per heavy atom. The van der Waals surface area contributed by atoms with Crippen molar-refractivity contribution in [3.8, 4) is 6.07 Å². The molecule has 2 aromatic rings. The number of anilines is 1. The highest BCUT2D eigenvalue weighted by molar-refractivity contribution is 7.99. The van der Waals surface area contributed by atoms with E-state index < -0.39 is 0 Å². The van der Waals surface area contributed by atoms with Crippen LogP contribution in [0.3, 0.4) is 0 Å². The maximum Gasteiger partial charge on any atom is 0.253 e. The van der Waals surface area contributed by atoms with Crippen molar-refractivity contribution in [2.24, 2.45) is 0 Å². The molecule has 1 aromatic heterocycles. The van der Waals surface area contributed by atoms with Gasteiger partial charge >= 0.3 is 0 Å². The molecule has 134 valence electrons. The molecule has 0 aliphatic heterocycles. The number of benzene rings is 1. The summed E-state index contributed by atoms with van der Waals surface area (Å²) in [5.41, 5.74) is 1.74. The number of hydrogen-bond donors (Lipinski definition) is 1. The van der Waals surface area contributed by atoms with Crippen LogP contribution in [-0.2, 0) is 4.79 Å². The van der Waals surface area contributed by atoms with Gasteiger partial charge in [-0.15, -0.1) is 0 Å². The zero-order valence-electron chi connectivity index (χ0n) is 14.7. The van der Waals surface area contributed by atoms with Gasteiger partial charge in [0.05, 0.1) is 22.4 Å². The van der Waals surface area contributed by atoms with Crippen LogP contribution in [0.15, 0.2) is 47.6 Å². The molecule has 0 saturated heterocycles. The lowest BCUT2D eigenvalue weighted by Crippen LogP contribution is -2.30. The highest BCUT2D eigenvalue weighted by Crippen LogP contribution is 2.17. The number of amides is 2. The summed E-state index contributed by atoms with van der Waals surface area (Å²) in [6.07, 6.45) is 1.55. The molecule has 1 aromatic carbocycles. The van der Waals surface area contributed by atoms with Crippen LogP contribution in [-0.4, -0.2) is 40.5 Å².